The van der Waals surface area contributed by atoms with Gasteiger partial charge in [-0.1, -0.05) is 0 Å². The minimum Gasteiger partial charge on any atom is -0.542 e. The number of carboxylic acid groups (broad SMARTS) is 1. The van der Waals surface area contributed by atoms with Gasteiger partial charge in [-0.15, -0.1) is 0 Å². The van der Waals surface area contributed by atoms with Crippen molar-refractivity contribution in [2.45, 2.75) is 6.18 Å². The van der Waals surface area contributed by atoms with Gasteiger partial charge in [0.15, 0.2) is 0 Å². The highest BCUT2D eigenvalue weighted by Crippen LogP contribution is 2.11. The summed E-state index contributed by atoms with van der Waals surface area (Å²) in [5, 5.41) is 8.78. The first-order valence-electron chi connectivity index (χ1n) is 1.23. The van der Waals surface area contributed by atoms with E-state index in [4.69, 9.17) is 9.90 Å². The Hall–Kier alpha value is -0.523. The first kappa shape index (κ1) is 10.5. The summed E-state index contributed by atoms with van der Waals surface area (Å²) in [5.74, 6) is -3.01. The van der Waals surface area contributed by atoms with Crippen molar-refractivity contribution in [3.8, 4) is 0 Å². The van der Waals surface area contributed by atoms with Gasteiger partial charge in [0.2, 0.25) is 0 Å². The normalized spacial score (nSPS) is 9.88. The number of hydrogen-bond donors (Lipinski definition) is 0. The number of hydrogen-bond acceptors (Lipinski definition) is 2. The van der Waals surface area contributed by atoms with E-state index in [9.17, 15) is 13.2 Å². The molecule has 6 heteroatoms. The second-order valence-corrected chi connectivity index (χ2v) is 0.785. The van der Waals surface area contributed by atoms with Gasteiger partial charge in [-0.2, -0.15) is 13.2 Å². The van der Waals surface area contributed by atoms with Crippen LogP contribution >= 0.6 is 0 Å². The fraction of sp³-hybridized carbons (Fsp3) is 0.500. The van der Waals surface area contributed by atoms with Crippen LogP contribution in [-0.4, -0.2) is 23.1 Å². The van der Waals surface area contributed by atoms with E-state index in [1.165, 1.54) is 0 Å². The van der Waals surface area contributed by atoms with Crippen LogP contribution in [-0.2, 0) is 4.79 Å². The van der Waals surface area contributed by atoms with E-state index < -0.39 is 12.1 Å². The van der Waals surface area contributed by atoms with E-state index >= 15 is 0 Å². The molecule has 0 bridgehead atoms. The Labute approximate surface area is 47.3 Å². The summed E-state index contributed by atoms with van der Waals surface area (Å²) in [7, 11) is 0. The lowest BCUT2D eigenvalue weighted by atomic mass is 10.7. The van der Waals surface area contributed by atoms with Crippen molar-refractivity contribution in [1.29, 1.82) is 0 Å². The molecule has 0 amide bonds. The molecule has 0 unspecified atom stereocenters. The first-order valence-corrected chi connectivity index (χ1v) is 1.23. The molecule has 0 saturated carbocycles. The molecule has 4 radical (unpaired) electrons. The molecule has 0 aromatic heterocycles. The van der Waals surface area contributed by atoms with Crippen LogP contribution < -0.4 is 5.11 Å². The smallest absolute Gasteiger partial charge is 0.430 e. The van der Waals surface area contributed by atoms with E-state index in [0.717, 1.165) is 0 Å². The van der Waals surface area contributed by atoms with Gasteiger partial charge in [-0.05, 0) is 0 Å². The summed E-state index contributed by atoms with van der Waals surface area (Å²) in [4.78, 5) is 8.78. The molecule has 0 rings (SSSR count). The van der Waals surface area contributed by atoms with Crippen molar-refractivity contribution in [3.05, 3.63) is 0 Å². The van der Waals surface area contributed by atoms with Crippen molar-refractivity contribution in [2.75, 3.05) is 0 Å². The molecule has 2 nitrogen and oxygen atoms in total. The highest BCUT2D eigenvalue weighted by molar-refractivity contribution is 5.75. The topological polar surface area (TPSA) is 40.1 Å². The van der Waals surface area contributed by atoms with E-state index in [0.29, 0.717) is 0 Å². The molecular formula is C2F3O2Si-. The molecule has 0 saturated heterocycles. The monoisotopic (exact) mass is 141 g/mol. The zero-order chi connectivity index (χ0) is 6.08. The van der Waals surface area contributed by atoms with Gasteiger partial charge in [0.1, 0.15) is 5.97 Å². The molecule has 0 atom stereocenters. The number of halogens is 3. The quantitative estimate of drug-likeness (QED) is 0.402. The molecule has 0 spiro atoms. The summed E-state index contributed by atoms with van der Waals surface area (Å²) in [6.07, 6.45) is -5.19. The molecule has 0 aliphatic rings. The maximum absolute atomic E-state index is 10.5. The van der Waals surface area contributed by atoms with Crippen LogP contribution in [0.2, 0.25) is 0 Å². The SMILES string of the molecule is O=C([O-])C(F)(F)F.[Si]. The van der Waals surface area contributed by atoms with Gasteiger partial charge in [-0.25, -0.2) is 0 Å². The molecular weight excluding hydrogens is 141 g/mol. The largest absolute Gasteiger partial charge is 0.542 e. The Kier molecular flexibility index (Phi) is 3.53. The van der Waals surface area contributed by atoms with Gasteiger partial charge in [0.25, 0.3) is 0 Å². The van der Waals surface area contributed by atoms with Crippen LogP contribution in [0.1, 0.15) is 0 Å². The van der Waals surface area contributed by atoms with E-state index in [1.54, 1.807) is 0 Å². The summed E-state index contributed by atoms with van der Waals surface area (Å²) in [5.41, 5.74) is 0. The highest BCUT2D eigenvalue weighted by Gasteiger charge is 2.28. The lowest BCUT2D eigenvalue weighted by molar-refractivity contribution is -0.344. The number of carbonyl (C=O) groups is 1. The predicted molar refractivity (Wildman–Crippen MR) is 16.8 cm³/mol. The first-order chi connectivity index (χ1) is 2.94. The summed E-state index contributed by atoms with van der Waals surface area (Å²) in [6.45, 7) is 0. The second kappa shape index (κ2) is 2.70. The molecule has 8 heavy (non-hydrogen) atoms. The zero-order valence-corrected chi connectivity index (χ0v) is 4.45. The average molecular weight is 141 g/mol. The predicted octanol–water partition coefficient (Wildman–Crippen LogP) is -1.08. The lowest BCUT2D eigenvalue weighted by Crippen LogP contribution is -2.37. The Morgan fingerprint density at radius 3 is 1.50 bits per heavy atom. The minimum absolute atomic E-state index is 0. The van der Waals surface area contributed by atoms with Crippen molar-refractivity contribution in [3.63, 3.8) is 0 Å². The Morgan fingerprint density at radius 2 is 1.50 bits per heavy atom. The van der Waals surface area contributed by atoms with E-state index in [2.05, 4.69) is 0 Å². The van der Waals surface area contributed by atoms with Crippen LogP contribution in [0.15, 0.2) is 0 Å². The van der Waals surface area contributed by atoms with Gasteiger partial charge >= 0.3 is 6.18 Å². The fourth-order valence-electron chi connectivity index (χ4n) is 0. The number of carboxylic acids is 1. The molecule has 0 aromatic carbocycles. The molecule has 0 aromatic rings. The van der Waals surface area contributed by atoms with Crippen molar-refractivity contribution in [2.24, 2.45) is 0 Å². The molecule has 0 aliphatic carbocycles. The van der Waals surface area contributed by atoms with Crippen LogP contribution in [0, 0.1) is 0 Å². The average Bonchev–Trinajstić information content (AvgIpc) is 1.31. The van der Waals surface area contributed by atoms with Crippen molar-refractivity contribution < 1.29 is 23.1 Å². The molecule has 46 valence electrons. The summed E-state index contributed by atoms with van der Waals surface area (Å²) >= 11 is 0. The van der Waals surface area contributed by atoms with Crippen LogP contribution in [0.5, 0.6) is 0 Å². The third-order valence-corrected chi connectivity index (χ3v) is 0.231. The van der Waals surface area contributed by atoms with E-state index in [-0.39, 0.29) is 11.0 Å². The summed E-state index contributed by atoms with van der Waals surface area (Å²) < 4.78 is 31.5. The molecule has 0 aliphatic heterocycles. The Balaban J connectivity index is 0. The van der Waals surface area contributed by atoms with Gasteiger partial charge in [-0.3, -0.25) is 0 Å². The maximum Gasteiger partial charge on any atom is 0.430 e. The fourth-order valence-corrected chi connectivity index (χ4v) is 0. The third-order valence-electron chi connectivity index (χ3n) is 0.231. The van der Waals surface area contributed by atoms with E-state index in [1.807, 2.05) is 0 Å². The van der Waals surface area contributed by atoms with Gasteiger partial charge in [0, 0.05) is 11.0 Å². The third kappa shape index (κ3) is 3.66. The number of aliphatic carboxylic acids is 1. The standard InChI is InChI=1S/C2HF3O2.Si/c3-2(4,5)1(6)7;/h(H,6,7);/p-1. The van der Waals surface area contributed by atoms with Gasteiger partial charge < -0.3 is 9.90 Å². The Bertz CT molecular complexity index is 87.8. The molecule has 0 heterocycles. The van der Waals surface area contributed by atoms with Gasteiger partial charge in [0.05, 0.1) is 0 Å². The second-order valence-electron chi connectivity index (χ2n) is 0.785. The lowest BCUT2D eigenvalue weighted by Gasteiger charge is -2.03. The van der Waals surface area contributed by atoms with Crippen LogP contribution in [0.4, 0.5) is 13.2 Å². The zero-order valence-electron chi connectivity index (χ0n) is 3.45. The minimum atomic E-state index is -5.19. The number of rotatable bonds is 0. The molecule has 0 fully saturated rings. The number of carbonyl (C=O) groups excluding carboxylic acids is 1. The Morgan fingerprint density at radius 1 is 1.38 bits per heavy atom. The van der Waals surface area contributed by atoms with Crippen LogP contribution in [0.25, 0.3) is 0 Å². The number of alkyl halides is 3. The summed E-state index contributed by atoms with van der Waals surface area (Å²) in [6, 6.07) is 0. The van der Waals surface area contributed by atoms with Crippen molar-refractivity contribution in [1.82, 2.24) is 0 Å². The highest BCUT2D eigenvalue weighted by atomic mass is 28.1. The van der Waals surface area contributed by atoms with Crippen molar-refractivity contribution >= 4 is 16.9 Å². The van der Waals surface area contributed by atoms with Crippen LogP contribution in [0.3, 0.4) is 0 Å². The molecule has 0 N–H and O–H groups in total. The maximum atomic E-state index is 10.5.